The molecule has 27 heavy (non-hydrogen) atoms. The summed E-state index contributed by atoms with van der Waals surface area (Å²) in [5.41, 5.74) is 2.40. The number of nitrogens with two attached hydrogens (primary N) is 1. The second kappa shape index (κ2) is 7.97. The van der Waals surface area contributed by atoms with Gasteiger partial charge in [-0.25, -0.2) is 0 Å². The zero-order valence-corrected chi connectivity index (χ0v) is 15.3. The number of amides is 1. The van der Waals surface area contributed by atoms with Gasteiger partial charge in [0.05, 0.1) is 10.6 Å². The van der Waals surface area contributed by atoms with Crippen molar-refractivity contribution in [1.29, 1.82) is 0 Å². The maximum atomic E-state index is 12.3. The fraction of sp³-hybridized carbons (Fsp3) is 0.190. The number of carbonyl (C=O) groups is 1. The molecule has 0 aliphatic heterocycles. The minimum atomic E-state index is -0.468. The number of aryl methyl sites for hydroxylation is 1. The molecule has 0 spiro atoms. The Balaban J connectivity index is 1.67. The summed E-state index contributed by atoms with van der Waals surface area (Å²) in [6.07, 6.45) is 0. The molecule has 3 rings (SSSR count). The minimum Gasteiger partial charge on any atom is -0.332 e. The van der Waals surface area contributed by atoms with E-state index in [0.29, 0.717) is 5.69 Å². The first-order valence-corrected chi connectivity index (χ1v) is 8.81. The Labute approximate surface area is 157 Å². The number of non-ortho nitro benzene ring substituents is 1. The molecule has 0 aliphatic rings. The fourth-order valence-electron chi connectivity index (χ4n) is 3.12. The normalized spacial score (nSPS) is 11.9. The van der Waals surface area contributed by atoms with Crippen LogP contribution in [-0.2, 0) is 4.79 Å². The molecule has 0 saturated heterocycles. The molecule has 0 radical (unpaired) electrons. The van der Waals surface area contributed by atoms with Crippen molar-refractivity contribution in [2.45, 2.75) is 19.9 Å². The van der Waals surface area contributed by atoms with E-state index in [0.717, 1.165) is 5.56 Å². The van der Waals surface area contributed by atoms with Gasteiger partial charge in [-0.15, -0.1) is 0 Å². The van der Waals surface area contributed by atoms with Gasteiger partial charge in [0.25, 0.3) is 11.6 Å². The van der Waals surface area contributed by atoms with E-state index in [1.54, 1.807) is 6.07 Å². The van der Waals surface area contributed by atoms with Crippen molar-refractivity contribution in [1.82, 2.24) is 0 Å². The predicted octanol–water partition coefficient (Wildman–Crippen LogP) is 3.32. The van der Waals surface area contributed by atoms with Crippen LogP contribution >= 0.6 is 0 Å². The van der Waals surface area contributed by atoms with Crippen LogP contribution in [0.3, 0.4) is 0 Å². The first-order valence-electron chi connectivity index (χ1n) is 8.81. The van der Waals surface area contributed by atoms with Gasteiger partial charge in [-0.2, -0.15) is 0 Å². The Hall–Kier alpha value is -3.25. The van der Waals surface area contributed by atoms with E-state index in [-0.39, 0.29) is 24.2 Å². The van der Waals surface area contributed by atoms with E-state index in [1.165, 1.54) is 28.5 Å². The smallest absolute Gasteiger partial charge is 0.279 e. The third-order valence-electron chi connectivity index (χ3n) is 4.68. The van der Waals surface area contributed by atoms with E-state index in [2.05, 4.69) is 36.5 Å². The molecular formula is C21H22N3O3+. The largest absolute Gasteiger partial charge is 0.332 e. The van der Waals surface area contributed by atoms with E-state index in [1.807, 2.05) is 30.4 Å². The van der Waals surface area contributed by atoms with Crippen molar-refractivity contribution >= 4 is 28.1 Å². The Bertz CT molecular complexity index is 996. The molecule has 6 nitrogen and oxygen atoms in total. The quantitative estimate of drug-likeness (QED) is 0.519. The topological polar surface area (TPSA) is 88.9 Å². The summed E-state index contributed by atoms with van der Waals surface area (Å²) in [4.78, 5) is 22.8. The zero-order valence-electron chi connectivity index (χ0n) is 15.3. The molecule has 0 heterocycles. The number of benzene rings is 3. The summed E-state index contributed by atoms with van der Waals surface area (Å²) in [7, 11) is 0. The number of quaternary nitrogens is 1. The molecule has 6 heteroatoms. The van der Waals surface area contributed by atoms with Gasteiger partial charge >= 0.3 is 0 Å². The number of hydrogen-bond acceptors (Lipinski definition) is 3. The van der Waals surface area contributed by atoms with E-state index >= 15 is 0 Å². The standard InChI is InChI=1S/C21H21N3O3/c1-14-10-11-17(24(26)27)12-20(14)23-21(25)13-22-15(2)18-9-5-7-16-6-3-4-8-19(16)18/h3-12,15,22H,13H2,1-2H3,(H,23,25)/p+1/t15-/m1/s1. The maximum absolute atomic E-state index is 12.3. The van der Waals surface area contributed by atoms with Gasteiger partial charge < -0.3 is 10.6 Å². The van der Waals surface area contributed by atoms with Crippen LogP contribution in [0.25, 0.3) is 10.8 Å². The zero-order chi connectivity index (χ0) is 19.4. The fourth-order valence-corrected chi connectivity index (χ4v) is 3.12. The molecule has 3 N–H and O–H groups in total. The van der Waals surface area contributed by atoms with Gasteiger partial charge in [0.1, 0.15) is 6.04 Å². The first-order chi connectivity index (χ1) is 13.0. The molecule has 3 aromatic carbocycles. The Morgan fingerprint density at radius 1 is 1.15 bits per heavy atom. The molecule has 138 valence electrons. The SMILES string of the molecule is Cc1ccc([N+](=O)[O-])cc1NC(=O)C[NH2+][C@H](C)c1cccc2ccccc12. The van der Waals surface area contributed by atoms with Crippen LogP contribution in [0.1, 0.15) is 24.1 Å². The highest BCUT2D eigenvalue weighted by Gasteiger charge is 2.16. The van der Waals surface area contributed by atoms with Crippen LogP contribution < -0.4 is 10.6 Å². The number of carbonyl (C=O) groups excluding carboxylic acids is 1. The van der Waals surface area contributed by atoms with Crippen molar-refractivity contribution < 1.29 is 15.0 Å². The lowest BCUT2D eigenvalue weighted by Crippen LogP contribution is -2.86. The van der Waals surface area contributed by atoms with Gasteiger partial charge in [-0.3, -0.25) is 14.9 Å². The van der Waals surface area contributed by atoms with E-state index in [4.69, 9.17) is 0 Å². The maximum Gasteiger partial charge on any atom is 0.279 e. The molecule has 0 aliphatic carbocycles. The number of nitro benzene ring substituents is 1. The number of fused-ring (bicyclic) bond motifs is 1. The molecule has 0 fully saturated rings. The van der Waals surface area contributed by atoms with Gasteiger partial charge in [-0.05, 0) is 30.2 Å². The number of nitrogens with one attached hydrogen (secondary N) is 1. The third kappa shape index (κ3) is 4.30. The molecular weight excluding hydrogens is 342 g/mol. The van der Waals surface area contributed by atoms with Crippen LogP contribution in [-0.4, -0.2) is 17.4 Å². The highest BCUT2D eigenvalue weighted by Crippen LogP contribution is 2.23. The van der Waals surface area contributed by atoms with Crippen LogP contribution in [0, 0.1) is 17.0 Å². The summed E-state index contributed by atoms with van der Waals surface area (Å²) in [5, 5.41) is 18.0. The predicted molar refractivity (Wildman–Crippen MR) is 106 cm³/mol. The lowest BCUT2D eigenvalue weighted by Gasteiger charge is -2.14. The second-order valence-corrected chi connectivity index (χ2v) is 6.60. The molecule has 1 amide bonds. The van der Waals surface area contributed by atoms with Crippen molar-refractivity contribution in [2.75, 3.05) is 11.9 Å². The van der Waals surface area contributed by atoms with Crippen molar-refractivity contribution in [3.8, 4) is 0 Å². The van der Waals surface area contributed by atoms with Crippen molar-refractivity contribution in [3.05, 3.63) is 81.9 Å². The molecule has 0 aromatic heterocycles. The number of rotatable bonds is 6. The Morgan fingerprint density at radius 3 is 2.67 bits per heavy atom. The van der Waals surface area contributed by atoms with Crippen molar-refractivity contribution in [2.24, 2.45) is 0 Å². The molecule has 3 aromatic rings. The highest BCUT2D eigenvalue weighted by atomic mass is 16.6. The Kier molecular flexibility index (Phi) is 5.47. The van der Waals surface area contributed by atoms with Crippen molar-refractivity contribution in [3.63, 3.8) is 0 Å². The average molecular weight is 364 g/mol. The van der Waals surface area contributed by atoms with Crippen LogP contribution in [0.4, 0.5) is 11.4 Å². The number of hydrogen-bond donors (Lipinski definition) is 2. The van der Waals surface area contributed by atoms with Gasteiger partial charge in [0.15, 0.2) is 6.54 Å². The number of anilines is 1. The average Bonchev–Trinajstić information content (AvgIpc) is 2.67. The monoisotopic (exact) mass is 364 g/mol. The minimum absolute atomic E-state index is 0.0380. The summed E-state index contributed by atoms with van der Waals surface area (Å²) in [6, 6.07) is 18.9. The lowest BCUT2D eigenvalue weighted by molar-refractivity contribution is -0.682. The first kappa shape index (κ1) is 18.5. The van der Waals surface area contributed by atoms with E-state index < -0.39 is 4.92 Å². The van der Waals surface area contributed by atoms with Gasteiger partial charge in [0.2, 0.25) is 0 Å². The van der Waals surface area contributed by atoms with Crippen LogP contribution in [0.5, 0.6) is 0 Å². The van der Waals surface area contributed by atoms with Gasteiger partial charge in [-0.1, -0.05) is 48.5 Å². The summed E-state index contributed by atoms with van der Waals surface area (Å²) >= 11 is 0. The summed E-state index contributed by atoms with van der Waals surface area (Å²) < 4.78 is 0. The highest BCUT2D eigenvalue weighted by molar-refractivity contribution is 5.92. The lowest BCUT2D eigenvalue weighted by atomic mass is 10.00. The van der Waals surface area contributed by atoms with Crippen LogP contribution in [0.15, 0.2) is 60.7 Å². The second-order valence-electron chi connectivity index (χ2n) is 6.60. The summed E-state index contributed by atoms with van der Waals surface area (Å²) in [5.74, 6) is -0.189. The Morgan fingerprint density at radius 2 is 1.89 bits per heavy atom. The molecule has 1 atom stereocenters. The van der Waals surface area contributed by atoms with Crippen LogP contribution in [0.2, 0.25) is 0 Å². The third-order valence-corrected chi connectivity index (χ3v) is 4.68. The molecule has 0 bridgehead atoms. The van der Waals surface area contributed by atoms with E-state index in [9.17, 15) is 14.9 Å². The number of nitrogens with zero attached hydrogens (tertiary/aromatic N) is 1. The van der Waals surface area contributed by atoms with Gasteiger partial charge in [0, 0.05) is 17.7 Å². The summed E-state index contributed by atoms with van der Waals surface area (Å²) in [6.45, 7) is 4.10. The number of nitro groups is 1. The molecule has 0 saturated carbocycles. The molecule has 0 unspecified atom stereocenters.